The van der Waals surface area contributed by atoms with Crippen molar-refractivity contribution in [1.82, 2.24) is 4.31 Å². The molecule has 0 aliphatic carbocycles. The van der Waals surface area contributed by atoms with Gasteiger partial charge in [-0.1, -0.05) is 30.3 Å². The Bertz CT molecular complexity index is 937. The van der Waals surface area contributed by atoms with E-state index in [0.717, 1.165) is 24.2 Å². The summed E-state index contributed by atoms with van der Waals surface area (Å²) in [7, 11) is -3.50. The summed E-state index contributed by atoms with van der Waals surface area (Å²) in [6.45, 7) is 1.11. The number of nitrogens with one attached hydrogen (secondary N) is 1. The van der Waals surface area contributed by atoms with Crippen LogP contribution < -0.4 is 5.32 Å². The first-order valence-corrected chi connectivity index (χ1v) is 11.6. The highest BCUT2D eigenvalue weighted by molar-refractivity contribution is 8.00. The van der Waals surface area contributed by atoms with E-state index in [1.165, 1.54) is 17.3 Å². The molecule has 0 saturated carbocycles. The van der Waals surface area contributed by atoms with Crippen LogP contribution >= 0.6 is 11.8 Å². The van der Waals surface area contributed by atoms with Gasteiger partial charge in [-0.2, -0.15) is 4.31 Å². The highest BCUT2D eigenvalue weighted by Gasteiger charge is 2.30. The zero-order valence-electron chi connectivity index (χ0n) is 14.9. The van der Waals surface area contributed by atoms with Crippen molar-refractivity contribution in [2.75, 3.05) is 24.2 Å². The molecule has 1 fully saturated rings. The van der Waals surface area contributed by atoms with Gasteiger partial charge in [0.2, 0.25) is 15.9 Å². The standard InChI is InChI=1S/C20H22N2O3S2/c23-20-14-26-19-13-17(6-7-18(19)21-20)27(24,25)22-10-8-16(9-11-22)12-15-4-2-1-3-5-15/h1-7,13,16H,8-12,14H2,(H,21,23). The third-order valence-electron chi connectivity index (χ3n) is 5.16. The van der Waals surface area contributed by atoms with Crippen molar-refractivity contribution in [3.63, 3.8) is 0 Å². The number of anilines is 1. The summed E-state index contributed by atoms with van der Waals surface area (Å²) in [5, 5.41) is 2.78. The van der Waals surface area contributed by atoms with E-state index in [1.807, 2.05) is 18.2 Å². The maximum absolute atomic E-state index is 13.0. The van der Waals surface area contributed by atoms with Crippen molar-refractivity contribution in [3.8, 4) is 0 Å². The monoisotopic (exact) mass is 402 g/mol. The van der Waals surface area contributed by atoms with Crippen molar-refractivity contribution in [2.24, 2.45) is 5.92 Å². The Labute approximate surface area is 164 Å². The van der Waals surface area contributed by atoms with E-state index in [2.05, 4.69) is 17.4 Å². The maximum Gasteiger partial charge on any atom is 0.243 e. The molecule has 0 atom stereocenters. The van der Waals surface area contributed by atoms with Crippen LogP contribution in [0.25, 0.3) is 0 Å². The van der Waals surface area contributed by atoms with Gasteiger partial charge in [-0.05, 0) is 48.9 Å². The number of thioether (sulfide) groups is 1. The Morgan fingerprint density at radius 1 is 1.07 bits per heavy atom. The molecule has 4 rings (SSSR count). The topological polar surface area (TPSA) is 66.5 Å². The second-order valence-corrected chi connectivity index (χ2v) is 9.99. The Morgan fingerprint density at radius 3 is 2.56 bits per heavy atom. The number of fused-ring (bicyclic) bond motifs is 1. The zero-order valence-corrected chi connectivity index (χ0v) is 16.6. The summed E-state index contributed by atoms with van der Waals surface area (Å²) < 4.78 is 27.7. The summed E-state index contributed by atoms with van der Waals surface area (Å²) in [6, 6.07) is 15.3. The van der Waals surface area contributed by atoms with Gasteiger partial charge >= 0.3 is 0 Å². The molecule has 27 heavy (non-hydrogen) atoms. The smallest absolute Gasteiger partial charge is 0.243 e. The molecule has 0 unspecified atom stereocenters. The molecule has 2 aliphatic heterocycles. The molecule has 5 nitrogen and oxygen atoms in total. The summed E-state index contributed by atoms with van der Waals surface area (Å²) >= 11 is 1.38. The molecule has 0 spiro atoms. The van der Waals surface area contributed by atoms with E-state index in [9.17, 15) is 13.2 Å². The molecule has 0 radical (unpaired) electrons. The van der Waals surface area contributed by atoms with Crippen LogP contribution in [0.15, 0.2) is 58.3 Å². The lowest BCUT2D eigenvalue weighted by Gasteiger charge is -2.31. The van der Waals surface area contributed by atoms with Gasteiger partial charge in [0.15, 0.2) is 0 Å². The largest absolute Gasteiger partial charge is 0.324 e. The van der Waals surface area contributed by atoms with E-state index < -0.39 is 10.0 Å². The summed E-state index contributed by atoms with van der Waals surface area (Å²) in [6.07, 6.45) is 2.76. The van der Waals surface area contributed by atoms with Crippen LogP contribution in [0.4, 0.5) is 5.69 Å². The van der Waals surface area contributed by atoms with Gasteiger partial charge in [-0.25, -0.2) is 8.42 Å². The molecule has 1 N–H and O–H groups in total. The molecule has 1 amide bonds. The first kappa shape index (κ1) is 18.5. The van der Waals surface area contributed by atoms with Crippen LogP contribution in [-0.2, 0) is 21.2 Å². The van der Waals surface area contributed by atoms with E-state index >= 15 is 0 Å². The highest BCUT2D eigenvalue weighted by atomic mass is 32.2. The zero-order chi connectivity index (χ0) is 18.9. The predicted molar refractivity (Wildman–Crippen MR) is 107 cm³/mol. The molecular weight excluding hydrogens is 380 g/mol. The van der Waals surface area contributed by atoms with Crippen molar-refractivity contribution in [1.29, 1.82) is 0 Å². The Balaban J connectivity index is 1.44. The minimum Gasteiger partial charge on any atom is -0.324 e. The Morgan fingerprint density at radius 2 is 1.81 bits per heavy atom. The fraction of sp³-hybridized carbons (Fsp3) is 0.350. The SMILES string of the molecule is O=C1CSc2cc(S(=O)(=O)N3CCC(Cc4ccccc4)CC3)ccc2N1. The van der Waals surface area contributed by atoms with Crippen LogP contribution in [0.5, 0.6) is 0 Å². The normalized spacial score (nSPS) is 18.7. The number of amides is 1. The van der Waals surface area contributed by atoms with Crippen LogP contribution in [0, 0.1) is 5.92 Å². The number of piperidine rings is 1. The van der Waals surface area contributed by atoms with E-state index in [-0.39, 0.29) is 5.91 Å². The van der Waals surface area contributed by atoms with Crippen LogP contribution in [0.1, 0.15) is 18.4 Å². The summed E-state index contributed by atoms with van der Waals surface area (Å²) in [4.78, 5) is 12.6. The number of carbonyl (C=O) groups excluding carboxylic acids is 1. The first-order chi connectivity index (χ1) is 13.0. The molecule has 1 saturated heterocycles. The second-order valence-electron chi connectivity index (χ2n) is 7.03. The maximum atomic E-state index is 13.0. The first-order valence-electron chi connectivity index (χ1n) is 9.13. The lowest BCUT2D eigenvalue weighted by molar-refractivity contribution is -0.113. The predicted octanol–water partition coefficient (Wildman–Crippen LogP) is 3.37. The molecule has 2 aliphatic rings. The summed E-state index contributed by atoms with van der Waals surface area (Å²) in [5.74, 6) is 0.790. The lowest BCUT2D eigenvalue weighted by Crippen LogP contribution is -2.38. The number of sulfonamides is 1. The quantitative estimate of drug-likeness (QED) is 0.851. The van der Waals surface area contributed by atoms with E-state index in [1.54, 1.807) is 22.5 Å². The van der Waals surface area contributed by atoms with Crippen LogP contribution in [-0.4, -0.2) is 37.5 Å². The van der Waals surface area contributed by atoms with Crippen molar-refractivity contribution >= 4 is 33.4 Å². The number of hydrogen-bond acceptors (Lipinski definition) is 4. The van der Waals surface area contributed by atoms with Crippen molar-refractivity contribution in [3.05, 3.63) is 54.1 Å². The average Bonchev–Trinajstić information content (AvgIpc) is 2.69. The van der Waals surface area contributed by atoms with E-state index in [0.29, 0.717) is 35.3 Å². The average molecular weight is 403 g/mol. The molecule has 2 aromatic carbocycles. The van der Waals surface area contributed by atoms with Gasteiger partial charge in [-0.3, -0.25) is 4.79 Å². The number of carbonyl (C=O) groups is 1. The van der Waals surface area contributed by atoms with Crippen LogP contribution in [0.2, 0.25) is 0 Å². The fourth-order valence-electron chi connectivity index (χ4n) is 3.67. The molecule has 2 heterocycles. The van der Waals surface area contributed by atoms with Crippen LogP contribution in [0.3, 0.4) is 0 Å². The molecule has 7 heteroatoms. The molecular formula is C20H22N2O3S2. The van der Waals surface area contributed by atoms with E-state index in [4.69, 9.17) is 0 Å². The second kappa shape index (κ2) is 7.66. The number of hydrogen-bond donors (Lipinski definition) is 1. The number of benzene rings is 2. The molecule has 142 valence electrons. The third-order valence-corrected chi connectivity index (χ3v) is 8.11. The van der Waals surface area contributed by atoms with Gasteiger partial charge in [0.05, 0.1) is 16.3 Å². The van der Waals surface area contributed by atoms with Gasteiger partial charge in [0.1, 0.15) is 0 Å². The third kappa shape index (κ3) is 4.05. The molecule has 0 bridgehead atoms. The van der Waals surface area contributed by atoms with Gasteiger partial charge < -0.3 is 5.32 Å². The van der Waals surface area contributed by atoms with Gasteiger partial charge in [-0.15, -0.1) is 11.8 Å². The Kier molecular flexibility index (Phi) is 5.25. The fourth-order valence-corrected chi connectivity index (χ4v) is 6.08. The number of rotatable bonds is 4. The minimum atomic E-state index is -3.50. The molecule has 2 aromatic rings. The van der Waals surface area contributed by atoms with Gasteiger partial charge in [0, 0.05) is 18.0 Å². The molecule has 0 aromatic heterocycles. The minimum absolute atomic E-state index is 0.0522. The number of nitrogens with zero attached hydrogens (tertiary/aromatic N) is 1. The van der Waals surface area contributed by atoms with Crippen molar-refractivity contribution < 1.29 is 13.2 Å². The lowest BCUT2D eigenvalue weighted by atomic mass is 9.91. The Hall–Kier alpha value is -1.83. The van der Waals surface area contributed by atoms with Gasteiger partial charge in [0.25, 0.3) is 0 Å². The van der Waals surface area contributed by atoms with Crippen molar-refractivity contribution in [2.45, 2.75) is 29.1 Å². The summed E-state index contributed by atoms with van der Waals surface area (Å²) in [5.41, 5.74) is 2.00. The highest BCUT2D eigenvalue weighted by Crippen LogP contribution is 2.34.